The Morgan fingerprint density at radius 3 is 2.07 bits per heavy atom. The van der Waals surface area contributed by atoms with Crippen LogP contribution in [-0.2, 0) is 6.18 Å². The van der Waals surface area contributed by atoms with Crippen LogP contribution in [0.1, 0.15) is 32.1 Å². The predicted molar refractivity (Wildman–Crippen MR) is 93.2 cm³/mol. The summed E-state index contributed by atoms with van der Waals surface area (Å²) in [4.78, 5) is 38.2. The zero-order valence-corrected chi connectivity index (χ0v) is 15.2. The van der Waals surface area contributed by atoms with Crippen molar-refractivity contribution in [2.75, 3.05) is 26.2 Å². The van der Waals surface area contributed by atoms with Crippen molar-refractivity contribution in [3.63, 3.8) is 0 Å². The summed E-state index contributed by atoms with van der Waals surface area (Å²) in [6, 6.07) is 3.90. The van der Waals surface area contributed by atoms with Crippen LogP contribution in [-0.4, -0.2) is 62.9 Å². The molecule has 1 fully saturated rings. The summed E-state index contributed by atoms with van der Waals surface area (Å²) in [5.74, 6) is -1.07. The SMILES string of the molecule is Cc1[nH]nc(C(=O)N2CCN(C(=O)c3ccc(C(F)(F)F)cc3)CC2)c1[N+](=O)[O-]. The highest BCUT2D eigenvalue weighted by Crippen LogP contribution is 2.29. The van der Waals surface area contributed by atoms with E-state index in [1.54, 1.807) is 0 Å². The number of H-pyrrole nitrogens is 1. The first kappa shape index (κ1) is 20.3. The Balaban J connectivity index is 1.65. The minimum atomic E-state index is -4.49. The molecule has 1 saturated heterocycles. The Morgan fingerprint density at radius 1 is 1.07 bits per heavy atom. The van der Waals surface area contributed by atoms with E-state index >= 15 is 0 Å². The van der Waals surface area contributed by atoms with Crippen molar-refractivity contribution in [3.05, 3.63) is 56.9 Å². The molecule has 2 heterocycles. The van der Waals surface area contributed by atoms with Crippen molar-refractivity contribution in [2.24, 2.45) is 0 Å². The second-order valence-corrected chi connectivity index (χ2v) is 6.46. The molecule has 0 radical (unpaired) electrons. The number of nitro groups is 1. The second kappa shape index (κ2) is 7.53. The molecule has 0 bridgehead atoms. The van der Waals surface area contributed by atoms with Crippen LogP contribution in [0.15, 0.2) is 24.3 Å². The number of aromatic amines is 1. The van der Waals surface area contributed by atoms with Crippen LogP contribution in [0.2, 0.25) is 0 Å². The average molecular weight is 411 g/mol. The first-order valence-corrected chi connectivity index (χ1v) is 8.54. The molecule has 2 aromatic rings. The van der Waals surface area contributed by atoms with Crippen molar-refractivity contribution in [2.45, 2.75) is 13.1 Å². The van der Waals surface area contributed by atoms with E-state index in [9.17, 15) is 32.9 Å². The molecule has 0 unspecified atom stereocenters. The third-order valence-electron chi connectivity index (χ3n) is 4.61. The van der Waals surface area contributed by atoms with Crippen LogP contribution < -0.4 is 0 Å². The number of benzene rings is 1. The Hall–Kier alpha value is -3.44. The number of piperazine rings is 1. The zero-order valence-electron chi connectivity index (χ0n) is 15.2. The highest BCUT2D eigenvalue weighted by atomic mass is 19.4. The molecule has 0 atom stereocenters. The molecule has 0 saturated carbocycles. The van der Waals surface area contributed by atoms with E-state index in [4.69, 9.17) is 0 Å². The average Bonchev–Trinajstić information content (AvgIpc) is 3.08. The second-order valence-electron chi connectivity index (χ2n) is 6.46. The molecule has 29 heavy (non-hydrogen) atoms. The van der Waals surface area contributed by atoms with Gasteiger partial charge in [-0.3, -0.25) is 24.8 Å². The molecule has 9 nitrogen and oxygen atoms in total. The van der Waals surface area contributed by atoms with Gasteiger partial charge < -0.3 is 9.80 Å². The molecule has 1 aromatic carbocycles. The molecule has 154 valence electrons. The van der Waals surface area contributed by atoms with Gasteiger partial charge in [-0.2, -0.15) is 18.3 Å². The largest absolute Gasteiger partial charge is 0.416 e. The van der Waals surface area contributed by atoms with Gasteiger partial charge in [0.2, 0.25) is 5.69 Å². The lowest BCUT2D eigenvalue weighted by atomic mass is 10.1. The maximum atomic E-state index is 12.6. The number of alkyl halides is 3. The van der Waals surface area contributed by atoms with Gasteiger partial charge in [0.1, 0.15) is 5.69 Å². The lowest BCUT2D eigenvalue weighted by Crippen LogP contribution is -2.50. The van der Waals surface area contributed by atoms with Gasteiger partial charge in [0, 0.05) is 31.7 Å². The molecular formula is C17H16F3N5O4. The van der Waals surface area contributed by atoms with E-state index in [2.05, 4.69) is 10.2 Å². The molecule has 1 aliphatic heterocycles. The van der Waals surface area contributed by atoms with E-state index in [0.29, 0.717) is 0 Å². The van der Waals surface area contributed by atoms with E-state index in [1.165, 1.54) is 16.7 Å². The standard InChI is InChI=1S/C17H16F3N5O4/c1-10-14(25(28)29)13(22-21-10)16(27)24-8-6-23(7-9-24)15(26)11-2-4-12(5-3-11)17(18,19)20/h2-5H,6-9H2,1H3,(H,21,22). The molecule has 0 spiro atoms. The maximum absolute atomic E-state index is 12.6. The van der Waals surface area contributed by atoms with Crippen molar-refractivity contribution >= 4 is 17.5 Å². The van der Waals surface area contributed by atoms with Gasteiger partial charge in [-0.15, -0.1) is 0 Å². The molecule has 12 heteroatoms. The number of rotatable bonds is 3. The lowest BCUT2D eigenvalue weighted by molar-refractivity contribution is -0.385. The van der Waals surface area contributed by atoms with Crippen LogP contribution in [0.25, 0.3) is 0 Å². The minimum Gasteiger partial charge on any atom is -0.335 e. The van der Waals surface area contributed by atoms with Crippen LogP contribution in [0.5, 0.6) is 0 Å². The predicted octanol–water partition coefficient (Wildman–Crippen LogP) is 2.24. The molecule has 3 rings (SSSR count). The van der Waals surface area contributed by atoms with Gasteiger partial charge in [-0.1, -0.05) is 0 Å². The van der Waals surface area contributed by atoms with Gasteiger partial charge in [0.05, 0.1) is 10.5 Å². The number of amides is 2. The van der Waals surface area contributed by atoms with Crippen LogP contribution in [0.4, 0.5) is 18.9 Å². The third-order valence-corrected chi connectivity index (χ3v) is 4.61. The number of carbonyl (C=O) groups excluding carboxylic acids is 2. The number of halogens is 3. The molecular weight excluding hydrogens is 395 g/mol. The monoisotopic (exact) mass is 411 g/mol. The van der Waals surface area contributed by atoms with Gasteiger partial charge >= 0.3 is 11.9 Å². The maximum Gasteiger partial charge on any atom is 0.416 e. The summed E-state index contributed by atoms with van der Waals surface area (Å²) >= 11 is 0. The minimum absolute atomic E-state index is 0.108. The van der Waals surface area contributed by atoms with E-state index in [-0.39, 0.29) is 43.1 Å². The molecule has 1 aliphatic rings. The van der Waals surface area contributed by atoms with Crippen LogP contribution in [0, 0.1) is 17.0 Å². The van der Waals surface area contributed by atoms with E-state index in [0.717, 1.165) is 24.3 Å². The van der Waals surface area contributed by atoms with Crippen molar-refractivity contribution in [3.8, 4) is 0 Å². The van der Waals surface area contributed by atoms with Gasteiger partial charge in [0.15, 0.2) is 0 Å². The number of nitrogens with one attached hydrogen (secondary N) is 1. The zero-order chi connectivity index (χ0) is 21.3. The first-order valence-electron chi connectivity index (χ1n) is 8.54. The number of aromatic nitrogens is 2. The first-order chi connectivity index (χ1) is 13.6. The van der Waals surface area contributed by atoms with E-state index in [1.807, 2.05) is 0 Å². The summed E-state index contributed by atoms with van der Waals surface area (Å²) in [5.41, 5.74) is -1.26. The third kappa shape index (κ3) is 4.05. The Morgan fingerprint density at radius 2 is 1.59 bits per heavy atom. The summed E-state index contributed by atoms with van der Waals surface area (Å²) in [6.45, 7) is 1.96. The summed E-state index contributed by atoms with van der Waals surface area (Å²) in [7, 11) is 0. The quantitative estimate of drug-likeness (QED) is 0.615. The van der Waals surface area contributed by atoms with Gasteiger partial charge in [-0.05, 0) is 31.2 Å². The van der Waals surface area contributed by atoms with Crippen molar-refractivity contribution in [1.82, 2.24) is 20.0 Å². The van der Waals surface area contributed by atoms with Gasteiger partial charge in [0.25, 0.3) is 11.8 Å². The Bertz CT molecular complexity index is 947. The summed E-state index contributed by atoms with van der Waals surface area (Å²) in [6.07, 6.45) is -4.49. The van der Waals surface area contributed by atoms with Crippen molar-refractivity contribution < 1.29 is 27.7 Å². The molecule has 2 amide bonds. The fourth-order valence-electron chi connectivity index (χ4n) is 3.04. The Kier molecular flexibility index (Phi) is 5.27. The Labute approximate surface area is 162 Å². The van der Waals surface area contributed by atoms with E-state index < -0.39 is 34.2 Å². The van der Waals surface area contributed by atoms with Crippen LogP contribution >= 0.6 is 0 Å². The highest BCUT2D eigenvalue weighted by Gasteiger charge is 2.33. The van der Waals surface area contributed by atoms with Gasteiger partial charge in [-0.25, -0.2) is 0 Å². The molecule has 1 N–H and O–H groups in total. The highest BCUT2D eigenvalue weighted by molar-refractivity contribution is 5.97. The lowest BCUT2D eigenvalue weighted by Gasteiger charge is -2.34. The molecule has 1 aromatic heterocycles. The summed E-state index contributed by atoms with van der Waals surface area (Å²) < 4.78 is 37.9. The fourth-order valence-corrected chi connectivity index (χ4v) is 3.04. The number of aryl methyl sites for hydroxylation is 1. The summed E-state index contributed by atoms with van der Waals surface area (Å²) in [5, 5.41) is 17.3. The number of hydrogen-bond donors (Lipinski definition) is 1. The number of nitrogens with zero attached hydrogens (tertiary/aromatic N) is 4. The number of carbonyl (C=O) groups is 2. The fraction of sp³-hybridized carbons (Fsp3) is 0.353. The van der Waals surface area contributed by atoms with Crippen LogP contribution in [0.3, 0.4) is 0 Å². The number of hydrogen-bond acceptors (Lipinski definition) is 5. The topological polar surface area (TPSA) is 112 Å². The van der Waals surface area contributed by atoms with Crippen molar-refractivity contribution in [1.29, 1.82) is 0 Å². The smallest absolute Gasteiger partial charge is 0.335 e. The normalized spacial score (nSPS) is 14.8. The molecule has 0 aliphatic carbocycles.